The number of rotatable bonds is 3. The Labute approximate surface area is 97.3 Å². The molecule has 0 radical (unpaired) electrons. The fraction of sp³-hybridized carbons (Fsp3) is 0. The van der Waals surface area contributed by atoms with E-state index in [1.54, 1.807) is 12.1 Å². The first-order valence-electron chi connectivity index (χ1n) is 4.58. The summed E-state index contributed by atoms with van der Waals surface area (Å²) in [5, 5.41) is 3.65. The van der Waals surface area contributed by atoms with Gasteiger partial charge < -0.3 is 5.32 Å². The van der Waals surface area contributed by atoms with Gasteiger partial charge in [0.05, 0.1) is 5.56 Å². The summed E-state index contributed by atoms with van der Waals surface area (Å²) in [6, 6.07) is 7.17. The highest BCUT2D eigenvalue weighted by molar-refractivity contribution is 6.30. The quantitative estimate of drug-likeness (QED) is 0.829. The minimum absolute atomic E-state index is 0.438. The molecule has 0 fully saturated rings. The molecule has 0 unspecified atom stereocenters. The maximum atomic E-state index is 10.4. The van der Waals surface area contributed by atoms with Crippen LogP contribution in [0.25, 0.3) is 0 Å². The first-order chi connectivity index (χ1) is 7.78. The molecule has 1 N–H and O–H groups in total. The van der Waals surface area contributed by atoms with Crippen molar-refractivity contribution >= 4 is 29.5 Å². The van der Waals surface area contributed by atoms with Gasteiger partial charge in [-0.05, 0) is 24.3 Å². The Morgan fingerprint density at radius 3 is 2.31 bits per heavy atom. The van der Waals surface area contributed by atoms with Gasteiger partial charge in [-0.3, -0.25) is 4.79 Å². The molecule has 1 heterocycles. The minimum Gasteiger partial charge on any atom is -0.324 e. The van der Waals surface area contributed by atoms with E-state index in [1.165, 1.54) is 12.4 Å². The van der Waals surface area contributed by atoms with Crippen LogP contribution >= 0.6 is 11.6 Å². The van der Waals surface area contributed by atoms with Crippen molar-refractivity contribution < 1.29 is 4.79 Å². The summed E-state index contributed by atoms with van der Waals surface area (Å²) in [5.41, 5.74) is 1.28. The molecule has 1 aromatic heterocycles. The van der Waals surface area contributed by atoms with Crippen LogP contribution < -0.4 is 5.32 Å². The van der Waals surface area contributed by atoms with Crippen LogP contribution in [0.2, 0.25) is 5.02 Å². The van der Waals surface area contributed by atoms with Gasteiger partial charge in [0.25, 0.3) is 0 Å². The van der Waals surface area contributed by atoms with Crippen molar-refractivity contribution in [2.45, 2.75) is 0 Å². The molecule has 0 aliphatic carbocycles. The van der Waals surface area contributed by atoms with Crippen LogP contribution in [0, 0.1) is 0 Å². The molecule has 0 bridgehead atoms. The first-order valence-corrected chi connectivity index (χ1v) is 4.95. The fourth-order valence-corrected chi connectivity index (χ4v) is 1.25. The van der Waals surface area contributed by atoms with E-state index in [9.17, 15) is 4.79 Å². The van der Waals surface area contributed by atoms with Crippen molar-refractivity contribution in [3.8, 4) is 0 Å². The minimum atomic E-state index is 0.438. The van der Waals surface area contributed by atoms with Crippen molar-refractivity contribution in [3.05, 3.63) is 47.2 Å². The molecule has 0 aliphatic heterocycles. The monoisotopic (exact) mass is 233 g/mol. The molecule has 0 atom stereocenters. The molecule has 5 heteroatoms. The van der Waals surface area contributed by atoms with Gasteiger partial charge in [-0.15, -0.1) is 0 Å². The number of aldehydes is 1. The highest BCUT2D eigenvalue weighted by Gasteiger charge is 1.97. The summed E-state index contributed by atoms with van der Waals surface area (Å²) in [5.74, 6) is 0.438. The van der Waals surface area contributed by atoms with E-state index in [4.69, 9.17) is 11.6 Å². The highest BCUT2D eigenvalue weighted by atomic mass is 35.5. The Morgan fingerprint density at radius 2 is 1.75 bits per heavy atom. The maximum Gasteiger partial charge on any atom is 0.227 e. The lowest BCUT2D eigenvalue weighted by molar-refractivity contribution is 0.112. The Balaban J connectivity index is 2.14. The van der Waals surface area contributed by atoms with Gasteiger partial charge in [-0.1, -0.05) is 11.6 Å². The van der Waals surface area contributed by atoms with E-state index in [0.29, 0.717) is 22.8 Å². The molecule has 0 saturated heterocycles. The molecule has 0 amide bonds. The molecule has 4 nitrogen and oxygen atoms in total. The normalized spacial score (nSPS) is 9.81. The van der Waals surface area contributed by atoms with Crippen LogP contribution in [0.3, 0.4) is 0 Å². The Morgan fingerprint density at radius 1 is 1.12 bits per heavy atom. The third-order valence-electron chi connectivity index (χ3n) is 1.91. The van der Waals surface area contributed by atoms with Gasteiger partial charge in [0.1, 0.15) is 0 Å². The summed E-state index contributed by atoms with van der Waals surface area (Å²) in [6.07, 6.45) is 3.61. The molecule has 0 aliphatic rings. The number of hydrogen-bond donors (Lipinski definition) is 1. The van der Waals surface area contributed by atoms with Crippen molar-refractivity contribution in [1.29, 1.82) is 0 Å². The van der Waals surface area contributed by atoms with Crippen molar-refractivity contribution in [1.82, 2.24) is 9.97 Å². The molecular formula is C11H8ClN3O. The summed E-state index contributed by atoms with van der Waals surface area (Å²) in [4.78, 5) is 18.4. The van der Waals surface area contributed by atoms with E-state index in [-0.39, 0.29) is 0 Å². The van der Waals surface area contributed by atoms with Crippen molar-refractivity contribution in [2.24, 2.45) is 0 Å². The van der Waals surface area contributed by atoms with Gasteiger partial charge in [0.15, 0.2) is 6.29 Å². The molecule has 2 rings (SSSR count). The number of aromatic nitrogens is 2. The Bertz CT molecular complexity index is 482. The number of benzene rings is 1. The van der Waals surface area contributed by atoms with E-state index in [1.807, 2.05) is 12.1 Å². The summed E-state index contributed by atoms with van der Waals surface area (Å²) < 4.78 is 0. The lowest BCUT2D eigenvalue weighted by Crippen LogP contribution is -1.97. The van der Waals surface area contributed by atoms with Crippen LogP contribution in [0.5, 0.6) is 0 Å². The zero-order valence-electron chi connectivity index (χ0n) is 8.22. The van der Waals surface area contributed by atoms with Crippen LogP contribution in [-0.4, -0.2) is 16.3 Å². The smallest absolute Gasteiger partial charge is 0.227 e. The van der Waals surface area contributed by atoms with Crippen LogP contribution in [0.4, 0.5) is 11.6 Å². The third-order valence-corrected chi connectivity index (χ3v) is 2.16. The second kappa shape index (κ2) is 4.72. The lowest BCUT2D eigenvalue weighted by atomic mass is 10.3. The number of nitrogens with zero attached hydrogens (tertiary/aromatic N) is 2. The second-order valence-electron chi connectivity index (χ2n) is 3.09. The number of carbonyl (C=O) groups excluding carboxylic acids is 1. The van der Waals surface area contributed by atoms with Crippen LogP contribution in [-0.2, 0) is 0 Å². The first kappa shape index (κ1) is 10.6. The predicted octanol–water partition coefficient (Wildman–Crippen LogP) is 2.69. The summed E-state index contributed by atoms with van der Waals surface area (Å²) >= 11 is 5.76. The van der Waals surface area contributed by atoms with E-state index in [0.717, 1.165) is 5.69 Å². The summed E-state index contributed by atoms with van der Waals surface area (Å²) in [6.45, 7) is 0. The van der Waals surface area contributed by atoms with Crippen molar-refractivity contribution in [2.75, 3.05) is 5.32 Å². The number of anilines is 2. The van der Waals surface area contributed by atoms with Crippen LogP contribution in [0.15, 0.2) is 36.7 Å². The van der Waals surface area contributed by atoms with E-state index < -0.39 is 0 Å². The van der Waals surface area contributed by atoms with Crippen LogP contribution in [0.1, 0.15) is 10.4 Å². The zero-order chi connectivity index (χ0) is 11.4. The van der Waals surface area contributed by atoms with Gasteiger partial charge in [0, 0.05) is 23.1 Å². The topological polar surface area (TPSA) is 54.9 Å². The Kier molecular flexibility index (Phi) is 3.12. The largest absolute Gasteiger partial charge is 0.324 e. The highest BCUT2D eigenvalue weighted by Crippen LogP contribution is 2.16. The zero-order valence-corrected chi connectivity index (χ0v) is 8.98. The molecule has 1 aromatic carbocycles. The number of carbonyl (C=O) groups is 1. The molecule has 80 valence electrons. The predicted molar refractivity (Wildman–Crippen MR) is 62.2 cm³/mol. The van der Waals surface area contributed by atoms with Crippen molar-refractivity contribution in [3.63, 3.8) is 0 Å². The fourth-order valence-electron chi connectivity index (χ4n) is 1.13. The van der Waals surface area contributed by atoms with E-state index in [2.05, 4.69) is 15.3 Å². The Hall–Kier alpha value is -1.94. The number of hydrogen-bond acceptors (Lipinski definition) is 4. The standard InChI is InChI=1S/C11H8ClN3O/c12-9-1-3-10(4-2-9)15-11-13-5-8(7-16)6-14-11/h1-7H,(H,13,14,15). The second-order valence-corrected chi connectivity index (χ2v) is 3.53. The lowest BCUT2D eigenvalue weighted by Gasteiger charge is -2.03. The third kappa shape index (κ3) is 2.55. The molecule has 2 aromatic rings. The SMILES string of the molecule is O=Cc1cnc(Nc2ccc(Cl)cc2)nc1. The average molecular weight is 234 g/mol. The van der Waals surface area contributed by atoms with Gasteiger partial charge in [-0.25, -0.2) is 9.97 Å². The maximum absolute atomic E-state index is 10.4. The number of halogens is 1. The molecule has 0 saturated carbocycles. The van der Waals surface area contributed by atoms with Gasteiger partial charge >= 0.3 is 0 Å². The van der Waals surface area contributed by atoms with E-state index >= 15 is 0 Å². The van der Waals surface area contributed by atoms with Gasteiger partial charge in [-0.2, -0.15) is 0 Å². The molecule has 16 heavy (non-hydrogen) atoms. The summed E-state index contributed by atoms with van der Waals surface area (Å²) in [7, 11) is 0. The number of nitrogens with one attached hydrogen (secondary N) is 1. The average Bonchev–Trinajstić information content (AvgIpc) is 2.33. The molecular weight excluding hydrogens is 226 g/mol. The van der Waals surface area contributed by atoms with Gasteiger partial charge in [0.2, 0.25) is 5.95 Å². The molecule has 0 spiro atoms.